The number of sulfone groups is 1. The molecular weight excluding hydrogens is 374 g/mol. The van der Waals surface area contributed by atoms with E-state index in [0.717, 1.165) is 22.4 Å². The Kier molecular flexibility index (Phi) is 4.77. The zero-order valence-corrected chi connectivity index (χ0v) is 16.3. The molecule has 0 aliphatic carbocycles. The van der Waals surface area contributed by atoms with Crippen molar-refractivity contribution in [3.63, 3.8) is 0 Å². The maximum atomic E-state index is 13.3. The standard InChI is InChI=1S/C21H21N3O3S/c1-16-22-19-9-5-6-10-20(19)23(16)14-21(25)24(13-17-7-3-2-4-8-17)18-11-12-28(26,27)15-18/h2-12,18H,13-15H2,1H3/t18-/m1/s1. The monoisotopic (exact) mass is 395 g/mol. The number of benzene rings is 2. The summed E-state index contributed by atoms with van der Waals surface area (Å²) < 4.78 is 25.7. The molecule has 7 heteroatoms. The van der Waals surface area contributed by atoms with Gasteiger partial charge in [-0.1, -0.05) is 42.5 Å². The molecule has 0 saturated carbocycles. The number of aromatic nitrogens is 2. The number of para-hydroxylation sites is 2. The van der Waals surface area contributed by atoms with Crippen molar-refractivity contribution in [1.82, 2.24) is 14.5 Å². The van der Waals surface area contributed by atoms with Crippen molar-refractivity contribution < 1.29 is 13.2 Å². The molecule has 6 nitrogen and oxygen atoms in total. The molecule has 144 valence electrons. The summed E-state index contributed by atoms with van der Waals surface area (Å²) in [5, 5.41) is 1.21. The normalized spacial score (nSPS) is 17.8. The SMILES string of the molecule is Cc1nc2ccccc2n1CC(=O)N(Cc1ccccc1)[C@@H]1C=CS(=O)(=O)C1. The molecule has 1 aliphatic rings. The summed E-state index contributed by atoms with van der Waals surface area (Å²) in [4.78, 5) is 19.4. The lowest BCUT2D eigenvalue weighted by atomic mass is 10.1. The van der Waals surface area contributed by atoms with E-state index in [9.17, 15) is 13.2 Å². The molecule has 28 heavy (non-hydrogen) atoms. The lowest BCUT2D eigenvalue weighted by Crippen LogP contribution is -2.42. The van der Waals surface area contributed by atoms with E-state index in [0.29, 0.717) is 6.54 Å². The minimum absolute atomic E-state index is 0.0742. The molecule has 0 bridgehead atoms. The number of aryl methyl sites for hydroxylation is 1. The highest BCUT2D eigenvalue weighted by atomic mass is 32.2. The van der Waals surface area contributed by atoms with Gasteiger partial charge in [0.25, 0.3) is 0 Å². The van der Waals surface area contributed by atoms with E-state index < -0.39 is 15.9 Å². The van der Waals surface area contributed by atoms with Crippen LogP contribution in [0, 0.1) is 6.92 Å². The van der Waals surface area contributed by atoms with Gasteiger partial charge in [-0.15, -0.1) is 0 Å². The molecule has 1 amide bonds. The number of carbonyl (C=O) groups excluding carboxylic acids is 1. The summed E-state index contributed by atoms with van der Waals surface area (Å²) in [6.45, 7) is 2.34. The van der Waals surface area contributed by atoms with E-state index in [2.05, 4.69) is 4.98 Å². The number of rotatable bonds is 5. The summed E-state index contributed by atoms with van der Waals surface area (Å²) in [5.41, 5.74) is 2.69. The summed E-state index contributed by atoms with van der Waals surface area (Å²) in [6, 6.07) is 16.8. The first-order valence-corrected chi connectivity index (χ1v) is 10.8. The van der Waals surface area contributed by atoms with Crippen LogP contribution in [0.4, 0.5) is 0 Å². The number of hydrogen-bond acceptors (Lipinski definition) is 4. The maximum absolute atomic E-state index is 13.3. The van der Waals surface area contributed by atoms with Crippen LogP contribution in [-0.4, -0.2) is 40.6 Å². The van der Waals surface area contributed by atoms with Gasteiger partial charge in [0.2, 0.25) is 5.91 Å². The molecule has 0 unspecified atom stereocenters. The largest absolute Gasteiger partial charge is 0.329 e. The molecule has 0 fully saturated rings. The van der Waals surface area contributed by atoms with Gasteiger partial charge in [-0.25, -0.2) is 13.4 Å². The highest BCUT2D eigenvalue weighted by Gasteiger charge is 2.30. The van der Waals surface area contributed by atoms with E-state index in [-0.39, 0.29) is 18.2 Å². The van der Waals surface area contributed by atoms with Crippen molar-refractivity contribution in [3.05, 3.63) is 77.5 Å². The third-order valence-electron chi connectivity index (χ3n) is 4.97. The van der Waals surface area contributed by atoms with Crippen LogP contribution in [0.5, 0.6) is 0 Å². The predicted octanol–water partition coefficient (Wildman–Crippen LogP) is 2.68. The Morgan fingerprint density at radius 1 is 1.14 bits per heavy atom. The van der Waals surface area contributed by atoms with Crippen LogP contribution in [0.2, 0.25) is 0 Å². The molecular formula is C21H21N3O3S. The van der Waals surface area contributed by atoms with Crippen LogP contribution in [0.3, 0.4) is 0 Å². The van der Waals surface area contributed by atoms with Crippen molar-refractivity contribution in [3.8, 4) is 0 Å². The minimum Gasteiger partial charge on any atom is -0.329 e. The summed E-state index contributed by atoms with van der Waals surface area (Å²) in [7, 11) is -3.26. The topological polar surface area (TPSA) is 72.3 Å². The van der Waals surface area contributed by atoms with Crippen molar-refractivity contribution in [2.24, 2.45) is 0 Å². The first kappa shape index (κ1) is 18.4. The van der Waals surface area contributed by atoms with E-state index in [1.165, 1.54) is 5.41 Å². The maximum Gasteiger partial charge on any atom is 0.243 e. The quantitative estimate of drug-likeness (QED) is 0.666. The zero-order valence-electron chi connectivity index (χ0n) is 15.5. The highest BCUT2D eigenvalue weighted by molar-refractivity contribution is 7.94. The lowest BCUT2D eigenvalue weighted by Gasteiger charge is -2.28. The highest BCUT2D eigenvalue weighted by Crippen LogP contribution is 2.20. The van der Waals surface area contributed by atoms with Crippen molar-refractivity contribution >= 4 is 26.8 Å². The first-order valence-electron chi connectivity index (χ1n) is 9.09. The van der Waals surface area contributed by atoms with Gasteiger partial charge in [0.15, 0.2) is 9.84 Å². The van der Waals surface area contributed by atoms with E-state index >= 15 is 0 Å². The average molecular weight is 395 g/mol. The molecule has 2 heterocycles. The number of nitrogens with zero attached hydrogens (tertiary/aromatic N) is 3. The number of fused-ring (bicyclic) bond motifs is 1. The predicted molar refractivity (Wildman–Crippen MR) is 108 cm³/mol. The molecule has 3 aromatic rings. The Bertz CT molecular complexity index is 1150. The molecule has 0 saturated heterocycles. The van der Waals surface area contributed by atoms with Crippen molar-refractivity contribution in [1.29, 1.82) is 0 Å². The molecule has 1 aromatic heterocycles. The molecule has 1 atom stereocenters. The van der Waals surface area contributed by atoms with Crippen LogP contribution < -0.4 is 0 Å². The third-order valence-corrected chi connectivity index (χ3v) is 6.34. The molecule has 2 aromatic carbocycles. The van der Waals surface area contributed by atoms with Gasteiger partial charge >= 0.3 is 0 Å². The fourth-order valence-corrected chi connectivity index (χ4v) is 4.84. The molecule has 0 spiro atoms. The van der Waals surface area contributed by atoms with Gasteiger partial charge in [0, 0.05) is 12.0 Å². The lowest BCUT2D eigenvalue weighted by molar-refractivity contribution is -0.133. The molecule has 0 radical (unpaired) electrons. The van der Waals surface area contributed by atoms with Gasteiger partial charge in [-0.2, -0.15) is 0 Å². The Morgan fingerprint density at radius 2 is 1.86 bits per heavy atom. The minimum atomic E-state index is -3.26. The zero-order chi connectivity index (χ0) is 19.7. The van der Waals surface area contributed by atoms with Gasteiger partial charge < -0.3 is 9.47 Å². The van der Waals surface area contributed by atoms with E-state index in [1.54, 1.807) is 11.0 Å². The Balaban J connectivity index is 1.64. The van der Waals surface area contributed by atoms with Crippen LogP contribution in [-0.2, 0) is 27.7 Å². The van der Waals surface area contributed by atoms with Gasteiger partial charge in [0.1, 0.15) is 12.4 Å². The smallest absolute Gasteiger partial charge is 0.243 e. The summed E-state index contributed by atoms with van der Waals surface area (Å²) >= 11 is 0. The van der Waals surface area contributed by atoms with Gasteiger partial charge in [0.05, 0.1) is 22.8 Å². The second-order valence-corrected chi connectivity index (χ2v) is 8.90. The van der Waals surface area contributed by atoms with E-state index in [1.807, 2.05) is 66.1 Å². The second-order valence-electron chi connectivity index (χ2n) is 6.97. The average Bonchev–Trinajstić information content (AvgIpc) is 3.19. The van der Waals surface area contributed by atoms with Crippen LogP contribution in [0.25, 0.3) is 11.0 Å². The van der Waals surface area contributed by atoms with Crippen LogP contribution in [0.15, 0.2) is 66.1 Å². The van der Waals surface area contributed by atoms with Gasteiger partial charge in [-0.3, -0.25) is 4.79 Å². The van der Waals surface area contributed by atoms with Gasteiger partial charge in [-0.05, 0) is 30.7 Å². The number of amides is 1. The number of imidazole rings is 1. The molecule has 4 rings (SSSR count). The Labute approximate surface area is 164 Å². The molecule has 1 aliphatic heterocycles. The van der Waals surface area contributed by atoms with Crippen LogP contribution >= 0.6 is 0 Å². The Hall–Kier alpha value is -2.93. The summed E-state index contributed by atoms with van der Waals surface area (Å²) in [5.74, 6) is 0.542. The first-order chi connectivity index (χ1) is 13.4. The summed E-state index contributed by atoms with van der Waals surface area (Å²) in [6.07, 6.45) is 1.61. The van der Waals surface area contributed by atoms with Crippen molar-refractivity contribution in [2.75, 3.05) is 5.75 Å². The molecule has 0 N–H and O–H groups in total. The van der Waals surface area contributed by atoms with Crippen LogP contribution in [0.1, 0.15) is 11.4 Å². The third kappa shape index (κ3) is 3.71. The van der Waals surface area contributed by atoms with Crippen molar-refractivity contribution in [2.45, 2.75) is 26.1 Å². The fraction of sp³-hybridized carbons (Fsp3) is 0.238. The number of carbonyl (C=O) groups is 1. The van der Waals surface area contributed by atoms with E-state index in [4.69, 9.17) is 0 Å². The second kappa shape index (κ2) is 7.24. The fourth-order valence-electron chi connectivity index (χ4n) is 3.55. The Morgan fingerprint density at radius 3 is 2.57 bits per heavy atom. The number of hydrogen-bond donors (Lipinski definition) is 0.